The topological polar surface area (TPSA) is 58.6 Å². The van der Waals surface area contributed by atoms with Crippen molar-refractivity contribution in [2.75, 3.05) is 18.1 Å². The van der Waals surface area contributed by atoms with Crippen LogP contribution in [0.2, 0.25) is 5.02 Å². The minimum Gasteiger partial charge on any atom is -0.482 e. The molecule has 1 atom stereocenters. The van der Waals surface area contributed by atoms with Crippen LogP contribution in [-0.2, 0) is 9.59 Å². The Morgan fingerprint density at radius 1 is 1.48 bits per heavy atom. The van der Waals surface area contributed by atoms with Crippen molar-refractivity contribution >= 4 is 40.4 Å². The van der Waals surface area contributed by atoms with Gasteiger partial charge in [-0.1, -0.05) is 17.7 Å². The van der Waals surface area contributed by atoms with Crippen molar-refractivity contribution < 1.29 is 14.3 Å². The Kier molecular flexibility index (Phi) is 4.54. The molecule has 2 amide bonds. The van der Waals surface area contributed by atoms with E-state index >= 15 is 0 Å². The zero-order chi connectivity index (χ0) is 16.4. The predicted octanol–water partition coefficient (Wildman–Crippen LogP) is 3.00. The lowest BCUT2D eigenvalue weighted by molar-refractivity contribution is -0.125. The van der Waals surface area contributed by atoms with Crippen LogP contribution < -0.4 is 15.0 Å². The number of nitrogens with zero attached hydrogens (tertiary/aromatic N) is 1. The van der Waals surface area contributed by atoms with Crippen LogP contribution in [0.15, 0.2) is 35.7 Å². The minimum atomic E-state index is -0.265. The molecule has 0 radical (unpaired) electrons. The van der Waals surface area contributed by atoms with Gasteiger partial charge in [0.1, 0.15) is 12.3 Å². The first-order valence-corrected chi connectivity index (χ1v) is 8.36. The van der Waals surface area contributed by atoms with Crippen molar-refractivity contribution in [1.82, 2.24) is 5.32 Å². The summed E-state index contributed by atoms with van der Waals surface area (Å²) >= 11 is 7.56. The number of fused-ring (bicyclic) bond motifs is 1. The number of thiophene rings is 1. The van der Waals surface area contributed by atoms with E-state index in [9.17, 15) is 9.59 Å². The fraction of sp³-hybridized carbons (Fsp3) is 0.250. The third-order valence-electron chi connectivity index (χ3n) is 3.51. The summed E-state index contributed by atoms with van der Waals surface area (Å²) in [4.78, 5) is 26.9. The van der Waals surface area contributed by atoms with Gasteiger partial charge in [-0.3, -0.25) is 14.5 Å². The summed E-state index contributed by atoms with van der Waals surface area (Å²) in [6, 6.07) is 8.81. The van der Waals surface area contributed by atoms with E-state index in [2.05, 4.69) is 5.32 Å². The summed E-state index contributed by atoms with van der Waals surface area (Å²) in [6.07, 6.45) is 0. The van der Waals surface area contributed by atoms with Gasteiger partial charge in [0, 0.05) is 9.90 Å². The van der Waals surface area contributed by atoms with Gasteiger partial charge in [-0.05, 0) is 36.6 Å². The standard InChI is InChI=1S/C16H15ClN2O3S/c1-10(14-3-2-6-23-14)18-15(20)8-19-12-7-11(17)4-5-13(12)22-9-16(19)21/h2-7,10H,8-9H2,1H3,(H,18,20). The predicted molar refractivity (Wildman–Crippen MR) is 90.2 cm³/mol. The van der Waals surface area contributed by atoms with Crippen LogP contribution in [0.4, 0.5) is 5.69 Å². The molecule has 5 nitrogen and oxygen atoms in total. The molecule has 0 spiro atoms. The van der Waals surface area contributed by atoms with E-state index < -0.39 is 0 Å². The molecule has 7 heteroatoms. The van der Waals surface area contributed by atoms with Crippen LogP contribution in [-0.4, -0.2) is 25.0 Å². The lowest BCUT2D eigenvalue weighted by Gasteiger charge is -2.29. The first kappa shape index (κ1) is 15.8. The molecule has 2 aromatic rings. The highest BCUT2D eigenvalue weighted by molar-refractivity contribution is 7.10. The first-order chi connectivity index (χ1) is 11.0. The summed E-state index contributed by atoms with van der Waals surface area (Å²) in [5.74, 6) is 0.0545. The van der Waals surface area contributed by atoms with Gasteiger partial charge in [-0.15, -0.1) is 11.3 Å². The van der Waals surface area contributed by atoms with E-state index in [1.165, 1.54) is 4.90 Å². The van der Waals surface area contributed by atoms with E-state index in [0.717, 1.165) is 4.88 Å². The zero-order valence-electron chi connectivity index (χ0n) is 12.4. The maximum atomic E-state index is 12.3. The highest BCUT2D eigenvalue weighted by Gasteiger charge is 2.28. The highest BCUT2D eigenvalue weighted by atomic mass is 35.5. The Hall–Kier alpha value is -2.05. The van der Waals surface area contributed by atoms with Gasteiger partial charge in [-0.25, -0.2) is 0 Å². The van der Waals surface area contributed by atoms with Crippen LogP contribution in [0.5, 0.6) is 5.75 Å². The van der Waals surface area contributed by atoms with E-state index in [1.807, 2.05) is 24.4 Å². The smallest absolute Gasteiger partial charge is 0.265 e. The second kappa shape index (κ2) is 6.60. The van der Waals surface area contributed by atoms with Gasteiger partial charge < -0.3 is 10.1 Å². The molecule has 0 saturated heterocycles. The molecule has 0 bridgehead atoms. The van der Waals surface area contributed by atoms with Crippen LogP contribution >= 0.6 is 22.9 Å². The van der Waals surface area contributed by atoms with Crippen LogP contribution in [0.25, 0.3) is 0 Å². The van der Waals surface area contributed by atoms with Crippen LogP contribution in [0, 0.1) is 0 Å². The Morgan fingerprint density at radius 3 is 3.04 bits per heavy atom. The monoisotopic (exact) mass is 350 g/mol. The normalized spacial score (nSPS) is 14.9. The number of halogens is 1. The molecule has 120 valence electrons. The number of benzene rings is 1. The van der Waals surface area contributed by atoms with Crippen LogP contribution in [0.1, 0.15) is 17.8 Å². The fourth-order valence-electron chi connectivity index (χ4n) is 2.39. The molecule has 1 aromatic heterocycles. The molecule has 1 N–H and O–H groups in total. The van der Waals surface area contributed by atoms with Crippen molar-refractivity contribution in [2.24, 2.45) is 0 Å². The van der Waals surface area contributed by atoms with E-state index in [0.29, 0.717) is 16.5 Å². The van der Waals surface area contributed by atoms with E-state index in [-0.39, 0.29) is 31.0 Å². The lowest BCUT2D eigenvalue weighted by atomic mass is 10.2. The number of hydrogen-bond acceptors (Lipinski definition) is 4. The fourth-order valence-corrected chi connectivity index (χ4v) is 3.29. The van der Waals surface area contributed by atoms with Crippen molar-refractivity contribution in [1.29, 1.82) is 0 Å². The first-order valence-electron chi connectivity index (χ1n) is 7.10. The Labute approximate surface area is 142 Å². The van der Waals surface area contributed by atoms with Gasteiger partial charge >= 0.3 is 0 Å². The molecule has 3 rings (SSSR count). The van der Waals surface area contributed by atoms with Gasteiger partial charge in [0.05, 0.1) is 11.7 Å². The summed E-state index contributed by atoms with van der Waals surface area (Å²) in [7, 11) is 0. The summed E-state index contributed by atoms with van der Waals surface area (Å²) < 4.78 is 5.36. The highest BCUT2D eigenvalue weighted by Crippen LogP contribution is 2.34. The average Bonchev–Trinajstić information content (AvgIpc) is 3.05. The Bertz CT molecular complexity index is 733. The number of hydrogen-bond donors (Lipinski definition) is 1. The van der Waals surface area contributed by atoms with Gasteiger partial charge in [0.15, 0.2) is 6.61 Å². The molecule has 1 aliphatic rings. The third kappa shape index (κ3) is 3.48. The summed E-state index contributed by atoms with van der Waals surface area (Å²) in [5.41, 5.74) is 0.521. The second-order valence-electron chi connectivity index (χ2n) is 5.19. The average molecular weight is 351 g/mol. The van der Waals surface area contributed by atoms with E-state index in [1.54, 1.807) is 29.5 Å². The molecule has 0 aliphatic carbocycles. The maximum absolute atomic E-state index is 12.3. The van der Waals surface area contributed by atoms with Crippen LogP contribution in [0.3, 0.4) is 0 Å². The molecule has 23 heavy (non-hydrogen) atoms. The quantitative estimate of drug-likeness (QED) is 0.922. The van der Waals surface area contributed by atoms with Crippen molar-refractivity contribution in [2.45, 2.75) is 13.0 Å². The SMILES string of the molecule is CC(NC(=O)CN1C(=O)COc2ccc(Cl)cc21)c1cccs1. The Morgan fingerprint density at radius 2 is 2.30 bits per heavy atom. The molecule has 2 heterocycles. The number of anilines is 1. The number of ether oxygens (including phenoxy) is 1. The van der Waals surface area contributed by atoms with Gasteiger partial charge in [0.2, 0.25) is 5.91 Å². The van der Waals surface area contributed by atoms with Crippen molar-refractivity contribution in [3.8, 4) is 5.75 Å². The van der Waals surface area contributed by atoms with E-state index in [4.69, 9.17) is 16.3 Å². The summed E-state index contributed by atoms with van der Waals surface area (Å²) in [6.45, 7) is 1.77. The molecule has 1 aliphatic heterocycles. The van der Waals surface area contributed by atoms with Gasteiger partial charge in [-0.2, -0.15) is 0 Å². The second-order valence-corrected chi connectivity index (χ2v) is 6.60. The molecule has 1 unspecified atom stereocenters. The van der Waals surface area contributed by atoms with Crippen molar-refractivity contribution in [3.05, 3.63) is 45.6 Å². The molecule has 0 fully saturated rings. The number of carbonyl (C=O) groups excluding carboxylic acids is 2. The van der Waals surface area contributed by atoms with Gasteiger partial charge in [0.25, 0.3) is 5.91 Å². The third-order valence-corrected chi connectivity index (χ3v) is 4.80. The largest absolute Gasteiger partial charge is 0.482 e. The lowest BCUT2D eigenvalue weighted by Crippen LogP contribution is -2.45. The molecular formula is C16H15ClN2O3S. The zero-order valence-corrected chi connectivity index (χ0v) is 14.0. The Balaban J connectivity index is 1.73. The number of nitrogens with one attached hydrogen (secondary N) is 1. The maximum Gasteiger partial charge on any atom is 0.265 e. The number of carbonyl (C=O) groups is 2. The molecule has 0 saturated carbocycles. The molecule has 1 aromatic carbocycles. The summed E-state index contributed by atoms with van der Waals surface area (Å²) in [5, 5.41) is 5.34. The molecular weight excluding hydrogens is 336 g/mol. The van der Waals surface area contributed by atoms with Crippen molar-refractivity contribution in [3.63, 3.8) is 0 Å². The number of rotatable bonds is 4. The number of amides is 2. The minimum absolute atomic E-state index is 0.0642.